The van der Waals surface area contributed by atoms with Crippen LogP contribution in [0.15, 0.2) is 33.6 Å². The van der Waals surface area contributed by atoms with Crippen molar-refractivity contribution in [2.75, 3.05) is 13.1 Å². The largest absolute Gasteiger partial charge is 0.348 e. The SMILES string of the molecule is CC1(C)[C@H](C=C(Cl)Cl)[C@@H]1C(=O)N[C@@H](NC(=S)N1C[C@H]2C[C@@H](C1)c1cccc(=O)n1C2)C(Cl)(Cl)Cl. The molecule has 1 aromatic rings. The summed E-state index contributed by atoms with van der Waals surface area (Å²) in [7, 11) is 0. The summed E-state index contributed by atoms with van der Waals surface area (Å²) in [6.07, 6.45) is 1.61. The highest BCUT2D eigenvalue weighted by atomic mass is 35.6. The zero-order chi connectivity index (χ0) is 25.0. The lowest BCUT2D eigenvalue weighted by Gasteiger charge is -2.44. The van der Waals surface area contributed by atoms with Crippen LogP contribution in [0.1, 0.15) is 31.9 Å². The number of carbonyl (C=O) groups is 1. The Morgan fingerprint density at radius 3 is 2.56 bits per heavy atom. The minimum absolute atomic E-state index is 0.0203. The topological polar surface area (TPSA) is 66.4 Å². The fraction of sp³-hybridized carbons (Fsp3) is 0.591. The number of pyridine rings is 1. The number of piperidine rings is 1. The molecule has 5 atom stereocenters. The molecule has 2 N–H and O–H groups in total. The number of carbonyl (C=O) groups excluding carboxylic acids is 1. The number of likely N-dealkylation sites (tertiary alicyclic amines) is 1. The second kappa shape index (κ2) is 9.64. The summed E-state index contributed by atoms with van der Waals surface area (Å²) in [5.41, 5.74) is 0.704. The van der Waals surface area contributed by atoms with Gasteiger partial charge in [-0.1, -0.05) is 77.9 Å². The van der Waals surface area contributed by atoms with E-state index in [-0.39, 0.29) is 45.0 Å². The lowest BCUT2D eigenvalue weighted by molar-refractivity contribution is -0.123. The average molecular weight is 587 g/mol. The third-order valence-electron chi connectivity index (χ3n) is 7.15. The average Bonchev–Trinajstić information content (AvgIpc) is 3.26. The number of hydrogen-bond donors (Lipinski definition) is 2. The molecule has 1 saturated heterocycles. The summed E-state index contributed by atoms with van der Waals surface area (Å²) in [5, 5.41) is 6.22. The molecule has 3 heterocycles. The molecule has 1 aliphatic carbocycles. The number of aromatic nitrogens is 1. The molecule has 12 heteroatoms. The summed E-state index contributed by atoms with van der Waals surface area (Å²) in [6.45, 7) is 5.84. The van der Waals surface area contributed by atoms with Gasteiger partial charge in [0.1, 0.15) is 10.7 Å². The van der Waals surface area contributed by atoms with Gasteiger partial charge in [-0.2, -0.15) is 0 Å². The smallest absolute Gasteiger partial charge is 0.250 e. The summed E-state index contributed by atoms with van der Waals surface area (Å²) in [4.78, 5) is 27.3. The molecule has 2 fully saturated rings. The molecule has 4 rings (SSSR count). The van der Waals surface area contributed by atoms with Gasteiger partial charge < -0.3 is 20.1 Å². The van der Waals surface area contributed by atoms with E-state index in [1.54, 1.807) is 18.2 Å². The summed E-state index contributed by atoms with van der Waals surface area (Å²) in [6, 6.07) is 5.37. The Morgan fingerprint density at radius 1 is 1.21 bits per heavy atom. The van der Waals surface area contributed by atoms with E-state index in [1.165, 1.54) is 0 Å². The second-order valence-electron chi connectivity index (χ2n) is 9.82. The Morgan fingerprint density at radius 2 is 1.91 bits per heavy atom. The van der Waals surface area contributed by atoms with Crippen molar-refractivity contribution < 1.29 is 4.79 Å². The van der Waals surface area contributed by atoms with E-state index in [4.69, 9.17) is 70.2 Å². The molecule has 0 radical (unpaired) electrons. The lowest BCUT2D eigenvalue weighted by Crippen LogP contribution is -2.60. The lowest BCUT2D eigenvalue weighted by atomic mass is 9.83. The van der Waals surface area contributed by atoms with Crippen LogP contribution in [0.2, 0.25) is 0 Å². The highest BCUT2D eigenvalue weighted by molar-refractivity contribution is 7.80. The van der Waals surface area contributed by atoms with Gasteiger partial charge in [0, 0.05) is 37.3 Å². The first kappa shape index (κ1) is 26.4. The van der Waals surface area contributed by atoms with E-state index in [0.717, 1.165) is 12.1 Å². The molecule has 1 amide bonds. The predicted octanol–water partition coefficient (Wildman–Crippen LogP) is 4.55. The predicted molar refractivity (Wildman–Crippen MR) is 142 cm³/mol. The molecule has 1 aromatic heterocycles. The molecule has 0 unspecified atom stereocenters. The van der Waals surface area contributed by atoms with Gasteiger partial charge in [0.15, 0.2) is 5.11 Å². The maximum absolute atomic E-state index is 13.0. The highest BCUT2D eigenvalue weighted by Crippen LogP contribution is 2.59. The quantitative estimate of drug-likeness (QED) is 0.308. The maximum atomic E-state index is 13.0. The normalized spacial score (nSPS) is 27.8. The number of amides is 1. The van der Waals surface area contributed by atoms with Gasteiger partial charge >= 0.3 is 0 Å². The zero-order valence-corrected chi connectivity index (χ0v) is 23.1. The molecule has 6 nitrogen and oxygen atoms in total. The molecule has 2 aliphatic heterocycles. The fourth-order valence-electron chi connectivity index (χ4n) is 5.33. The van der Waals surface area contributed by atoms with E-state index in [2.05, 4.69) is 10.6 Å². The van der Waals surface area contributed by atoms with Crippen LogP contribution in [0.4, 0.5) is 0 Å². The van der Waals surface area contributed by atoms with Crippen molar-refractivity contribution >= 4 is 81.2 Å². The van der Waals surface area contributed by atoms with Gasteiger partial charge in [-0.25, -0.2) is 0 Å². The van der Waals surface area contributed by atoms with Crippen molar-refractivity contribution in [1.29, 1.82) is 0 Å². The molecule has 2 bridgehead atoms. The molecule has 186 valence electrons. The molecular formula is C22H25Cl5N4O2S. The fourth-order valence-corrected chi connectivity index (χ4v) is 6.20. The standard InChI is InChI=1S/C22H25Cl5N4O2S/c1-21(2)13(7-15(23)24)17(21)18(33)28-19(22(25,26)27)29-20(34)30-8-11-6-12(10-30)14-4-3-5-16(32)31(14)9-11/h3-5,7,11-13,17,19H,6,8-10H2,1-2H3,(H,28,33)(H,29,34)/t11-,12+,13-,17-,19+/m1/s1. The second-order valence-corrected chi connectivity index (χ2v) is 13.6. The number of allylic oxidation sites excluding steroid dienone is 1. The highest BCUT2D eigenvalue weighted by Gasteiger charge is 2.61. The molecule has 0 spiro atoms. The first-order valence-electron chi connectivity index (χ1n) is 10.9. The van der Waals surface area contributed by atoms with Crippen LogP contribution < -0.4 is 16.2 Å². The number of nitrogens with one attached hydrogen (secondary N) is 2. The van der Waals surface area contributed by atoms with E-state index in [1.807, 2.05) is 29.4 Å². The van der Waals surface area contributed by atoms with Crippen LogP contribution in [0.25, 0.3) is 0 Å². The molecule has 0 aromatic carbocycles. The van der Waals surface area contributed by atoms with Gasteiger partial charge in [0.2, 0.25) is 9.70 Å². The van der Waals surface area contributed by atoms with Crippen molar-refractivity contribution in [3.8, 4) is 0 Å². The van der Waals surface area contributed by atoms with Crippen molar-refractivity contribution in [2.24, 2.45) is 23.2 Å². The number of halogens is 5. The van der Waals surface area contributed by atoms with Gasteiger partial charge in [0.25, 0.3) is 5.56 Å². The maximum Gasteiger partial charge on any atom is 0.250 e. The van der Waals surface area contributed by atoms with E-state index in [9.17, 15) is 9.59 Å². The monoisotopic (exact) mass is 584 g/mol. The summed E-state index contributed by atoms with van der Waals surface area (Å²) >= 11 is 35.9. The zero-order valence-electron chi connectivity index (χ0n) is 18.5. The van der Waals surface area contributed by atoms with Crippen LogP contribution in [0.3, 0.4) is 0 Å². The minimum atomic E-state index is -1.85. The van der Waals surface area contributed by atoms with Gasteiger partial charge in [-0.15, -0.1) is 0 Å². The van der Waals surface area contributed by atoms with Gasteiger partial charge in [0.05, 0.1) is 5.92 Å². The number of rotatable bonds is 4. The first-order chi connectivity index (χ1) is 15.8. The number of nitrogens with zero attached hydrogens (tertiary/aromatic N) is 2. The Kier molecular flexibility index (Phi) is 7.47. The summed E-state index contributed by atoms with van der Waals surface area (Å²) < 4.78 is 0.122. The van der Waals surface area contributed by atoms with Crippen molar-refractivity contribution in [2.45, 2.75) is 42.7 Å². The van der Waals surface area contributed by atoms with Crippen molar-refractivity contribution in [1.82, 2.24) is 20.1 Å². The molecule has 34 heavy (non-hydrogen) atoms. The van der Waals surface area contributed by atoms with Crippen LogP contribution in [0, 0.1) is 23.2 Å². The molecular weight excluding hydrogens is 562 g/mol. The van der Waals surface area contributed by atoms with Crippen LogP contribution in [-0.2, 0) is 11.3 Å². The van der Waals surface area contributed by atoms with Crippen molar-refractivity contribution in [3.63, 3.8) is 0 Å². The number of thiocarbonyl (C=S) groups is 1. The van der Waals surface area contributed by atoms with Crippen LogP contribution in [0.5, 0.6) is 0 Å². The molecule has 3 aliphatic rings. The van der Waals surface area contributed by atoms with Crippen molar-refractivity contribution in [3.05, 3.63) is 44.8 Å². The summed E-state index contributed by atoms with van der Waals surface area (Å²) in [5.74, 6) is -0.329. The first-order valence-corrected chi connectivity index (χ1v) is 13.2. The molecule has 1 saturated carbocycles. The van der Waals surface area contributed by atoms with Gasteiger partial charge in [-0.3, -0.25) is 9.59 Å². The van der Waals surface area contributed by atoms with Crippen LogP contribution >= 0.6 is 70.2 Å². The Balaban J connectivity index is 1.45. The van der Waals surface area contributed by atoms with E-state index >= 15 is 0 Å². The Hall–Kier alpha value is -0.700. The van der Waals surface area contributed by atoms with Crippen LogP contribution in [-0.4, -0.2) is 43.5 Å². The Labute approximate surface area is 228 Å². The third-order valence-corrected chi connectivity index (χ3v) is 8.43. The number of hydrogen-bond acceptors (Lipinski definition) is 3. The number of fused-ring (bicyclic) bond motifs is 4. The van der Waals surface area contributed by atoms with E-state index in [0.29, 0.717) is 24.7 Å². The van der Waals surface area contributed by atoms with E-state index < -0.39 is 9.96 Å². The third kappa shape index (κ3) is 5.35. The Bertz CT molecular complexity index is 1080. The number of alkyl halides is 3. The minimum Gasteiger partial charge on any atom is -0.348 e. The van der Waals surface area contributed by atoms with Gasteiger partial charge in [-0.05, 0) is 48.0 Å².